The van der Waals surface area contributed by atoms with Gasteiger partial charge in [0.05, 0.1) is 0 Å². The van der Waals surface area contributed by atoms with Crippen LogP contribution in [0.4, 0.5) is 0 Å². The van der Waals surface area contributed by atoms with Crippen molar-refractivity contribution in [2.75, 3.05) is 20.1 Å². The van der Waals surface area contributed by atoms with Crippen LogP contribution in [-0.4, -0.2) is 31.1 Å². The van der Waals surface area contributed by atoms with E-state index in [1.54, 1.807) is 0 Å². The molecule has 0 fully saturated rings. The van der Waals surface area contributed by atoms with Crippen LogP contribution < -0.4 is 5.32 Å². The fourth-order valence-corrected chi connectivity index (χ4v) is 2.56. The second-order valence-corrected chi connectivity index (χ2v) is 5.55. The van der Waals surface area contributed by atoms with E-state index in [-0.39, 0.29) is 0 Å². The molecule has 19 heavy (non-hydrogen) atoms. The third kappa shape index (κ3) is 5.13. The first-order valence-corrected chi connectivity index (χ1v) is 7.65. The third-order valence-electron chi connectivity index (χ3n) is 3.90. The predicted octanol–water partition coefficient (Wildman–Crippen LogP) is 4.11. The Morgan fingerprint density at radius 2 is 1.84 bits per heavy atom. The van der Waals surface area contributed by atoms with E-state index in [4.69, 9.17) is 11.6 Å². The lowest BCUT2D eigenvalue weighted by Gasteiger charge is -2.27. The molecular weight excluding hydrogens is 256 g/mol. The van der Waals surface area contributed by atoms with Gasteiger partial charge in [-0.05, 0) is 38.4 Å². The number of hydrogen-bond donors (Lipinski definition) is 1. The number of benzene rings is 1. The van der Waals surface area contributed by atoms with Crippen LogP contribution in [0.15, 0.2) is 24.3 Å². The molecule has 0 heterocycles. The molecule has 0 saturated carbocycles. The molecule has 3 heteroatoms. The third-order valence-corrected chi connectivity index (χ3v) is 4.24. The summed E-state index contributed by atoms with van der Waals surface area (Å²) in [7, 11) is 2.16. The highest BCUT2D eigenvalue weighted by Gasteiger charge is 2.14. The van der Waals surface area contributed by atoms with E-state index in [9.17, 15) is 0 Å². The van der Waals surface area contributed by atoms with Crippen LogP contribution in [-0.2, 0) is 0 Å². The number of rotatable bonds is 8. The molecule has 0 spiro atoms. The lowest BCUT2D eigenvalue weighted by Crippen LogP contribution is -2.36. The number of halogens is 1. The Kier molecular flexibility index (Phi) is 7.44. The van der Waals surface area contributed by atoms with E-state index >= 15 is 0 Å². The largest absolute Gasteiger partial charge is 0.313 e. The van der Waals surface area contributed by atoms with Crippen molar-refractivity contribution >= 4 is 11.6 Å². The number of hydrogen-bond acceptors (Lipinski definition) is 2. The zero-order valence-corrected chi connectivity index (χ0v) is 13.4. The van der Waals surface area contributed by atoms with Crippen molar-refractivity contribution < 1.29 is 0 Å². The number of likely N-dealkylation sites (N-methyl/N-ethyl adjacent to an activating group) is 1. The molecule has 1 aromatic carbocycles. The van der Waals surface area contributed by atoms with Gasteiger partial charge >= 0.3 is 0 Å². The van der Waals surface area contributed by atoms with Gasteiger partial charge in [0.1, 0.15) is 0 Å². The Hall–Kier alpha value is -0.570. The van der Waals surface area contributed by atoms with Gasteiger partial charge in [0.25, 0.3) is 0 Å². The summed E-state index contributed by atoms with van der Waals surface area (Å²) in [6, 6.07) is 9.09. The van der Waals surface area contributed by atoms with Crippen LogP contribution in [0.1, 0.15) is 45.2 Å². The molecule has 0 saturated heterocycles. The maximum absolute atomic E-state index is 6.25. The van der Waals surface area contributed by atoms with E-state index in [1.165, 1.54) is 18.4 Å². The zero-order valence-electron chi connectivity index (χ0n) is 12.6. The van der Waals surface area contributed by atoms with Gasteiger partial charge in [0.15, 0.2) is 0 Å². The molecule has 1 aromatic rings. The summed E-state index contributed by atoms with van der Waals surface area (Å²) in [6.45, 7) is 8.73. The highest BCUT2D eigenvalue weighted by atomic mass is 35.5. The van der Waals surface area contributed by atoms with Crippen LogP contribution in [0.5, 0.6) is 0 Å². The molecule has 0 bridgehead atoms. The van der Waals surface area contributed by atoms with Crippen LogP contribution in [0.25, 0.3) is 0 Å². The summed E-state index contributed by atoms with van der Waals surface area (Å²) in [4.78, 5) is 2.34. The van der Waals surface area contributed by atoms with Crippen molar-refractivity contribution in [3.8, 4) is 0 Å². The van der Waals surface area contributed by atoms with Crippen LogP contribution in [0, 0.1) is 0 Å². The minimum Gasteiger partial charge on any atom is -0.313 e. The second-order valence-electron chi connectivity index (χ2n) is 5.15. The molecule has 0 amide bonds. The highest BCUT2D eigenvalue weighted by Crippen LogP contribution is 2.25. The zero-order chi connectivity index (χ0) is 14.3. The average molecular weight is 283 g/mol. The van der Waals surface area contributed by atoms with Crippen molar-refractivity contribution in [1.29, 1.82) is 0 Å². The highest BCUT2D eigenvalue weighted by molar-refractivity contribution is 6.31. The minimum absolute atomic E-state index is 0.345. The summed E-state index contributed by atoms with van der Waals surface area (Å²) >= 11 is 6.25. The number of nitrogens with one attached hydrogen (secondary N) is 1. The number of nitrogens with zero attached hydrogens (tertiary/aromatic N) is 1. The van der Waals surface area contributed by atoms with Crippen molar-refractivity contribution in [3.63, 3.8) is 0 Å². The molecule has 0 aliphatic rings. The molecule has 0 aromatic heterocycles. The lowest BCUT2D eigenvalue weighted by molar-refractivity contribution is 0.256. The normalized spacial score (nSPS) is 13.2. The molecule has 0 aliphatic heterocycles. The van der Waals surface area contributed by atoms with Crippen LogP contribution in [0.3, 0.4) is 0 Å². The molecular formula is C16H27ClN2. The second kappa shape index (κ2) is 8.57. The Morgan fingerprint density at radius 3 is 2.42 bits per heavy atom. The molecule has 108 valence electrons. The fraction of sp³-hybridized carbons (Fsp3) is 0.625. The van der Waals surface area contributed by atoms with Crippen molar-refractivity contribution in [2.45, 2.75) is 45.7 Å². The lowest BCUT2D eigenvalue weighted by atomic mass is 10.1. The van der Waals surface area contributed by atoms with Crippen molar-refractivity contribution in [2.24, 2.45) is 0 Å². The molecule has 1 N–H and O–H groups in total. The van der Waals surface area contributed by atoms with E-state index < -0.39 is 0 Å². The summed E-state index contributed by atoms with van der Waals surface area (Å²) in [6.07, 6.45) is 2.39. The molecule has 1 rings (SSSR count). The standard InChI is InChI=1S/C16H27ClN2/c1-5-14(6-2)18-11-12-19(4)13(3)15-9-7-8-10-16(15)17/h7-10,13-14,18H,5-6,11-12H2,1-4H3. The van der Waals surface area contributed by atoms with E-state index in [0.29, 0.717) is 12.1 Å². The maximum Gasteiger partial charge on any atom is 0.0453 e. The first-order chi connectivity index (χ1) is 9.10. The van der Waals surface area contributed by atoms with E-state index in [1.807, 2.05) is 18.2 Å². The minimum atomic E-state index is 0.345. The monoisotopic (exact) mass is 282 g/mol. The smallest absolute Gasteiger partial charge is 0.0453 e. The summed E-state index contributed by atoms with van der Waals surface area (Å²) in [5, 5.41) is 4.45. The van der Waals surface area contributed by atoms with Gasteiger partial charge in [-0.3, -0.25) is 4.90 Å². The summed E-state index contributed by atoms with van der Waals surface area (Å²) in [5.74, 6) is 0. The summed E-state index contributed by atoms with van der Waals surface area (Å²) < 4.78 is 0. The summed E-state index contributed by atoms with van der Waals surface area (Å²) in [5.41, 5.74) is 1.20. The quantitative estimate of drug-likeness (QED) is 0.772. The van der Waals surface area contributed by atoms with Crippen LogP contribution in [0.2, 0.25) is 5.02 Å². The Morgan fingerprint density at radius 1 is 1.21 bits per heavy atom. The van der Waals surface area contributed by atoms with Gasteiger partial charge in [-0.2, -0.15) is 0 Å². The van der Waals surface area contributed by atoms with Gasteiger partial charge in [-0.15, -0.1) is 0 Å². The van der Waals surface area contributed by atoms with Gasteiger partial charge in [-0.25, -0.2) is 0 Å². The Bertz CT molecular complexity index is 364. The molecule has 2 nitrogen and oxygen atoms in total. The molecule has 0 radical (unpaired) electrons. The fourth-order valence-electron chi connectivity index (χ4n) is 2.27. The molecule has 1 atom stereocenters. The van der Waals surface area contributed by atoms with E-state index in [2.05, 4.69) is 44.1 Å². The van der Waals surface area contributed by atoms with Gasteiger partial charge in [0, 0.05) is 30.2 Å². The first-order valence-electron chi connectivity index (χ1n) is 7.28. The molecule has 0 aliphatic carbocycles. The van der Waals surface area contributed by atoms with Gasteiger partial charge < -0.3 is 5.32 Å². The Labute approximate surface area is 123 Å². The maximum atomic E-state index is 6.25. The Balaban J connectivity index is 2.45. The van der Waals surface area contributed by atoms with Gasteiger partial charge in [0.2, 0.25) is 0 Å². The van der Waals surface area contributed by atoms with E-state index in [0.717, 1.165) is 18.1 Å². The SMILES string of the molecule is CCC(CC)NCCN(C)C(C)c1ccccc1Cl. The first kappa shape index (κ1) is 16.5. The topological polar surface area (TPSA) is 15.3 Å². The van der Waals surface area contributed by atoms with Gasteiger partial charge in [-0.1, -0.05) is 43.6 Å². The van der Waals surface area contributed by atoms with Crippen LogP contribution >= 0.6 is 11.6 Å². The predicted molar refractivity (Wildman–Crippen MR) is 84.9 cm³/mol. The van der Waals surface area contributed by atoms with Crippen molar-refractivity contribution in [3.05, 3.63) is 34.9 Å². The molecule has 1 unspecified atom stereocenters. The van der Waals surface area contributed by atoms with Crippen molar-refractivity contribution in [1.82, 2.24) is 10.2 Å². The average Bonchev–Trinajstić information content (AvgIpc) is 2.43.